The maximum absolute atomic E-state index is 13.6. The summed E-state index contributed by atoms with van der Waals surface area (Å²) in [5.74, 6) is -4.16. The van der Waals surface area contributed by atoms with E-state index in [-0.39, 0.29) is 16.9 Å². The van der Waals surface area contributed by atoms with Crippen LogP contribution in [-0.2, 0) is 4.74 Å². The predicted molar refractivity (Wildman–Crippen MR) is 71.8 cm³/mol. The first-order valence-corrected chi connectivity index (χ1v) is 5.81. The Morgan fingerprint density at radius 1 is 1.19 bits per heavy atom. The molecule has 0 amide bonds. The quantitative estimate of drug-likeness (QED) is 0.518. The normalized spacial score (nSPS) is 10.3. The second kappa shape index (κ2) is 5.74. The van der Waals surface area contributed by atoms with Gasteiger partial charge in [0.15, 0.2) is 11.6 Å². The van der Waals surface area contributed by atoms with Gasteiger partial charge < -0.3 is 15.8 Å². The number of carbonyl (C=O) groups excluding carboxylic acids is 1. The van der Waals surface area contributed by atoms with Gasteiger partial charge in [0.25, 0.3) is 0 Å². The summed E-state index contributed by atoms with van der Waals surface area (Å²) in [5, 5.41) is 2.48. The maximum Gasteiger partial charge on any atom is 0.340 e. The number of nitrogen functional groups attached to an aromatic ring is 1. The van der Waals surface area contributed by atoms with E-state index in [0.29, 0.717) is 6.07 Å². The van der Waals surface area contributed by atoms with Gasteiger partial charge in [-0.05, 0) is 18.2 Å². The highest BCUT2D eigenvalue weighted by atomic mass is 19.2. The topological polar surface area (TPSA) is 64.3 Å². The van der Waals surface area contributed by atoms with Crippen molar-refractivity contribution < 1.29 is 22.7 Å². The number of nitrogens with one attached hydrogen (secondary N) is 1. The monoisotopic (exact) mass is 296 g/mol. The summed E-state index contributed by atoms with van der Waals surface area (Å²) in [6.45, 7) is 0. The molecular formula is C14H11F3N2O2. The van der Waals surface area contributed by atoms with Crippen molar-refractivity contribution in [3.63, 3.8) is 0 Å². The summed E-state index contributed by atoms with van der Waals surface area (Å²) in [5.41, 5.74) is 5.67. The van der Waals surface area contributed by atoms with Crippen LogP contribution in [0.5, 0.6) is 0 Å². The first-order valence-electron chi connectivity index (χ1n) is 5.81. The molecule has 0 fully saturated rings. The molecule has 4 nitrogen and oxygen atoms in total. The molecule has 0 bridgehead atoms. The zero-order chi connectivity index (χ0) is 15.6. The molecule has 0 spiro atoms. The second-order valence-corrected chi connectivity index (χ2v) is 4.17. The van der Waals surface area contributed by atoms with Crippen LogP contribution < -0.4 is 11.1 Å². The van der Waals surface area contributed by atoms with Gasteiger partial charge in [-0.15, -0.1) is 0 Å². The molecule has 21 heavy (non-hydrogen) atoms. The zero-order valence-electron chi connectivity index (χ0n) is 10.9. The number of methoxy groups -OCH3 is 1. The zero-order valence-corrected chi connectivity index (χ0v) is 10.9. The molecule has 7 heteroatoms. The molecule has 0 aliphatic carbocycles. The van der Waals surface area contributed by atoms with Crippen LogP contribution in [0.2, 0.25) is 0 Å². The lowest BCUT2D eigenvalue weighted by atomic mass is 10.1. The van der Waals surface area contributed by atoms with Gasteiger partial charge in [0.1, 0.15) is 5.82 Å². The van der Waals surface area contributed by atoms with E-state index < -0.39 is 29.1 Å². The molecule has 0 atom stereocenters. The molecule has 0 aromatic heterocycles. The predicted octanol–water partition coefficient (Wildman–Crippen LogP) is 3.22. The van der Waals surface area contributed by atoms with Gasteiger partial charge in [-0.2, -0.15) is 0 Å². The molecule has 2 rings (SSSR count). The lowest BCUT2D eigenvalue weighted by molar-refractivity contribution is 0.0602. The first kappa shape index (κ1) is 14.7. The molecule has 0 unspecified atom stereocenters. The van der Waals surface area contributed by atoms with E-state index in [1.807, 2.05) is 0 Å². The minimum absolute atomic E-state index is 0.0554. The number of halogens is 3. The van der Waals surface area contributed by atoms with Crippen molar-refractivity contribution in [2.45, 2.75) is 0 Å². The van der Waals surface area contributed by atoms with E-state index in [4.69, 9.17) is 5.73 Å². The lowest BCUT2D eigenvalue weighted by Crippen LogP contribution is -2.06. The number of nitrogens with two attached hydrogens (primary N) is 1. The highest BCUT2D eigenvalue weighted by Crippen LogP contribution is 2.26. The molecule has 3 N–H and O–H groups in total. The fourth-order valence-electron chi connectivity index (χ4n) is 1.72. The van der Waals surface area contributed by atoms with Gasteiger partial charge in [-0.1, -0.05) is 0 Å². The number of ether oxygens (including phenoxy) is 1. The molecule has 0 saturated carbocycles. The Balaban J connectivity index is 2.39. The summed E-state index contributed by atoms with van der Waals surface area (Å²) >= 11 is 0. The van der Waals surface area contributed by atoms with Crippen molar-refractivity contribution in [3.05, 3.63) is 53.3 Å². The van der Waals surface area contributed by atoms with Gasteiger partial charge in [0.05, 0.1) is 18.4 Å². The van der Waals surface area contributed by atoms with Crippen LogP contribution >= 0.6 is 0 Å². The number of anilines is 3. The van der Waals surface area contributed by atoms with Crippen LogP contribution in [0.1, 0.15) is 10.4 Å². The average molecular weight is 296 g/mol. The minimum atomic E-state index is -1.32. The van der Waals surface area contributed by atoms with E-state index in [1.165, 1.54) is 25.3 Å². The molecule has 2 aromatic carbocycles. The molecule has 0 saturated heterocycles. The van der Waals surface area contributed by atoms with Crippen molar-refractivity contribution in [2.75, 3.05) is 18.2 Å². The summed E-state index contributed by atoms with van der Waals surface area (Å²) in [6.07, 6.45) is 0. The smallest absolute Gasteiger partial charge is 0.340 e. The second-order valence-electron chi connectivity index (χ2n) is 4.17. The third kappa shape index (κ3) is 3.07. The number of hydrogen-bond acceptors (Lipinski definition) is 4. The number of esters is 1. The Bertz CT molecular complexity index is 705. The number of carbonyl (C=O) groups is 1. The van der Waals surface area contributed by atoms with Crippen LogP contribution in [0.3, 0.4) is 0 Å². The third-order valence-electron chi connectivity index (χ3n) is 2.73. The maximum atomic E-state index is 13.6. The van der Waals surface area contributed by atoms with E-state index in [1.54, 1.807) is 0 Å². The van der Waals surface area contributed by atoms with Crippen molar-refractivity contribution in [3.8, 4) is 0 Å². The van der Waals surface area contributed by atoms with Gasteiger partial charge in [-0.25, -0.2) is 18.0 Å². The van der Waals surface area contributed by atoms with Crippen molar-refractivity contribution in [1.29, 1.82) is 0 Å². The highest BCUT2D eigenvalue weighted by molar-refractivity contribution is 5.96. The molecule has 0 heterocycles. The van der Waals surface area contributed by atoms with Crippen molar-refractivity contribution in [1.82, 2.24) is 0 Å². The Morgan fingerprint density at radius 3 is 2.57 bits per heavy atom. The molecular weight excluding hydrogens is 285 g/mol. The van der Waals surface area contributed by atoms with Gasteiger partial charge in [-0.3, -0.25) is 0 Å². The number of rotatable bonds is 3. The van der Waals surface area contributed by atoms with Gasteiger partial charge in [0, 0.05) is 23.5 Å². The standard InChI is InChI=1S/C14H11F3N2O2/c1-21-14(20)9-6-8(2-3-11(9)18)19-12-5-7(15)4-10(16)13(12)17/h2-6,19H,18H2,1H3. The van der Waals surface area contributed by atoms with E-state index in [0.717, 1.165) is 6.07 Å². The Morgan fingerprint density at radius 2 is 1.90 bits per heavy atom. The van der Waals surface area contributed by atoms with Crippen LogP contribution in [-0.4, -0.2) is 13.1 Å². The Labute approximate surface area is 118 Å². The Hall–Kier alpha value is -2.70. The fourth-order valence-corrected chi connectivity index (χ4v) is 1.72. The number of benzene rings is 2. The summed E-state index contributed by atoms with van der Waals surface area (Å²) in [4.78, 5) is 11.5. The molecule has 0 aliphatic rings. The van der Waals surface area contributed by atoms with E-state index in [2.05, 4.69) is 10.1 Å². The largest absolute Gasteiger partial charge is 0.465 e. The molecule has 110 valence electrons. The van der Waals surface area contributed by atoms with Crippen LogP contribution in [0.25, 0.3) is 0 Å². The van der Waals surface area contributed by atoms with E-state index in [9.17, 15) is 18.0 Å². The fraction of sp³-hybridized carbons (Fsp3) is 0.0714. The minimum Gasteiger partial charge on any atom is -0.465 e. The average Bonchev–Trinajstić information content (AvgIpc) is 2.45. The SMILES string of the molecule is COC(=O)c1cc(Nc2cc(F)cc(F)c2F)ccc1N. The van der Waals surface area contributed by atoms with Crippen LogP contribution in [0.15, 0.2) is 30.3 Å². The molecule has 0 aliphatic heterocycles. The van der Waals surface area contributed by atoms with Gasteiger partial charge in [0.2, 0.25) is 0 Å². The van der Waals surface area contributed by atoms with E-state index >= 15 is 0 Å². The Kier molecular flexibility index (Phi) is 4.02. The number of hydrogen-bond donors (Lipinski definition) is 2. The van der Waals surface area contributed by atoms with Crippen molar-refractivity contribution in [2.24, 2.45) is 0 Å². The molecule has 2 aromatic rings. The molecule has 0 radical (unpaired) electrons. The van der Waals surface area contributed by atoms with Gasteiger partial charge >= 0.3 is 5.97 Å². The summed E-state index contributed by atoms with van der Waals surface area (Å²) < 4.78 is 44.3. The third-order valence-corrected chi connectivity index (χ3v) is 2.73. The summed E-state index contributed by atoms with van der Waals surface area (Å²) in [7, 11) is 1.18. The van der Waals surface area contributed by atoms with Crippen molar-refractivity contribution >= 4 is 23.0 Å². The lowest BCUT2D eigenvalue weighted by Gasteiger charge is -2.11. The summed E-state index contributed by atoms with van der Waals surface area (Å²) in [6, 6.07) is 5.35. The highest BCUT2D eigenvalue weighted by Gasteiger charge is 2.14. The van der Waals surface area contributed by atoms with Crippen LogP contribution in [0.4, 0.5) is 30.2 Å². The van der Waals surface area contributed by atoms with Crippen LogP contribution in [0, 0.1) is 17.5 Å². The first-order chi connectivity index (χ1) is 9.92.